The zero-order valence-corrected chi connectivity index (χ0v) is 21.6. The molecule has 0 saturated heterocycles. The van der Waals surface area contributed by atoms with Crippen molar-refractivity contribution in [3.8, 4) is 11.5 Å². The van der Waals surface area contributed by atoms with Crippen LogP contribution in [0.15, 0.2) is 24.3 Å². The fraction of sp³-hybridized carbons (Fsp3) is 0.440. The van der Waals surface area contributed by atoms with Crippen LogP contribution in [0, 0.1) is 0 Å². The topological polar surface area (TPSA) is 128 Å². The van der Waals surface area contributed by atoms with E-state index in [0.717, 1.165) is 5.82 Å². The zero-order chi connectivity index (χ0) is 26.3. The van der Waals surface area contributed by atoms with Crippen molar-refractivity contribution in [2.75, 3.05) is 30.5 Å². The van der Waals surface area contributed by atoms with Crippen LogP contribution in [-0.2, 0) is 29.2 Å². The number of nitrogens with zero attached hydrogens (tertiary/aromatic N) is 7. The molecule has 3 aromatic heterocycles. The first kappa shape index (κ1) is 24.6. The second-order valence-electron chi connectivity index (χ2n) is 9.43. The van der Waals surface area contributed by atoms with E-state index in [0.29, 0.717) is 53.2 Å². The molecule has 5 rings (SSSR count). The van der Waals surface area contributed by atoms with Crippen molar-refractivity contribution in [1.29, 1.82) is 0 Å². The lowest BCUT2D eigenvalue weighted by Crippen LogP contribution is -2.27. The Kier molecular flexibility index (Phi) is 6.50. The zero-order valence-electron chi connectivity index (χ0n) is 21.6. The molecule has 0 aliphatic carbocycles. The number of pyridine rings is 2. The Bertz CT molecular complexity index is 1350. The van der Waals surface area contributed by atoms with Crippen LogP contribution < -0.4 is 15.1 Å². The fourth-order valence-electron chi connectivity index (χ4n) is 4.46. The van der Waals surface area contributed by atoms with Crippen molar-refractivity contribution in [2.24, 2.45) is 0 Å². The van der Waals surface area contributed by atoms with Crippen LogP contribution in [0.1, 0.15) is 54.3 Å². The van der Waals surface area contributed by atoms with Crippen LogP contribution in [0.3, 0.4) is 0 Å². The summed E-state index contributed by atoms with van der Waals surface area (Å²) in [4.78, 5) is 38.5. The third kappa shape index (κ3) is 4.48. The average molecular weight is 507 g/mol. The van der Waals surface area contributed by atoms with Gasteiger partial charge < -0.3 is 24.3 Å². The molecule has 2 amide bonds. The highest BCUT2D eigenvalue weighted by atomic mass is 16.5. The molecule has 0 aromatic carbocycles. The predicted octanol–water partition coefficient (Wildman–Crippen LogP) is 2.69. The number of nitrogens with one attached hydrogen (secondary N) is 1. The SMILES string of the molecule is CNC(=O)OCc1nc(N(C)C(C)C)cc2c1CN(c1cccc(-c3nnc4n3[C@@H](C)COC4)n1)C2=O. The molecule has 1 N–H and O–H groups in total. The van der Waals surface area contributed by atoms with Crippen LogP contribution in [0.2, 0.25) is 0 Å². The van der Waals surface area contributed by atoms with Gasteiger partial charge in [0, 0.05) is 25.7 Å². The molecule has 0 unspecified atom stereocenters. The number of aromatic nitrogens is 5. The summed E-state index contributed by atoms with van der Waals surface area (Å²) in [5.74, 6) is 2.32. The molecule has 0 spiro atoms. The second-order valence-corrected chi connectivity index (χ2v) is 9.43. The Morgan fingerprint density at radius 2 is 2.11 bits per heavy atom. The monoisotopic (exact) mass is 506 g/mol. The molecule has 0 bridgehead atoms. The number of rotatable bonds is 6. The molecule has 0 saturated carbocycles. The first-order chi connectivity index (χ1) is 17.8. The maximum absolute atomic E-state index is 13.6. The highest BCUT2D eigenvalue weighted by Crippen LogP contribution is 2.33. The Morgan fingerprint density at radius 1 is 1.30 bits per heavy atom. The summed E-state index contributed by atoms with van der Waals surface area (Å²) in [6, 6.07) is 7.53. The van der Waals surface area contributed by atoms with Crippen molar-refractivity contribution >= 4 is 23.6 Å². The van der Waals surface area contributed by atoms with E-state index in [4.69, 9.17) is 19.4 Å². The van der Waals surface area contributed by atoms with Gasteiger partial charge in [-0.3, -0.25) is 9.69 Å². The first-order valence-electron chi connectivity index (χ1n) is 12.2. The summed E-state index contributed by atoms with van der Waals surface area (Å²) in [5, 5.41) is 11.1. The highest BCUT2D eigenvalue weighted by molar-refractivity contribution is 6.10. The van der Waals surface area contributed by atoms with Gasteiger partial charge >= 0.3 is 6.09 Å². The van der Waals surface area contributed by atoms with E-state index in [1.54, 1.807) is 17.0 Å². The Morgan fingerprint density at radius 3 is 2.86 bits per heavy atom. The third-order valence-corrected chi connectivity index (χ3v) is 6.71. The number of hydrogen-bond donors (Lipinski definition) is 1. The van der Waals surface area contributed by atoms with Crippen LogP contribution in [0.5, 0.6) is 0 Å². The number of carbonyl (C=O) groups is 2. The van der Waals surface area contributed by atoms with Gasteiger partial charge in [-0.2, -0.15) is 0 Å². The number of ether oxygens (including phenoxy) is 2. The number of amides is 2. The number of alkyl carbamates (subject to hydrolysis) is 1. The van der Waals surface area contributed by atoms with E-state index >= 15 is 0 Å². The van der Waals surface area contributed by atoms with Gasteiger partial charge in [-0.25, -0.2) is 14.8 Å². The van der Waals surface area contributed by atoms with Gasteiger partial charge in [0.2, 0.25) is 0 Å². The van der Waals surface area contributed by atoms with E-state index in [2.05, 4.69) is 15.5 Å². The molecule has 5 heterocycles. The van der Waals surface area contributed by atoms with Crippen LogP contribution in [0.4, 0.5) is 16.4 Å². The predicted molar refractivity (Wildman–Crippen MR) is 135 cm³/mol. The van der Waals surface area contributed by atoms with Gasteiger partial charge in [0.1, 0.15) is 30.5 Å². The van der Waals surface area contributed by atoms with E-state index in [9.17, 15) is 9.59 Å². The largest absolute Gasteiger partial charge is 0.443 e. The standard InChI is InChI=1S/C25H30N8O4/c1-14(2)31(5)21-9-16-17(19(28-21)12-37-25(35)26-4)10-32(24(16)34)20-8-6-7-18(27-20)23-30-29-22-13-36-11-15(3)33(22)23/h6-9,14-15H,10-13H2,1-5H3,(H,26,35)/t15-/m0/s1. The average Bonchev–Trinajstić information content (AvgIpc) is 3.49. The Labute approximate surface area is 214 Å². The number of hydrogen-bond acceptors (Lipinski definition) is 9. The van der Waals surface area contributed by atoms with Crippen molar-refractivity contribution in [3.63, 3.8) is 0 Å². The summed E-state index contributed by atoms with van der Waals surface area (Å²) >= 11 is 0. The smallest absolute Gasteiger partial charge is 0.407 e. The van der Waals surface area contributed by atoms with E-state index in [1.165, 1.54) is 7.05 Å². The maximum atomic E-state index is 13.6. The quantitative estimate of drug-likeness (QED) is 0.537. The minimum absolute atomic E-state index is 0.0534. The minimum atomic E-state index is -0.565. The van der Waals surface area contributed by atoms with Gasteiger partial charge in [0.25, 0.3) is 5.91 Å². The molecule has 2 aliphatic heterocycles. The normalized spacial score (nSPS) is 16.5. The van der Waals surface area contributed by atoms with Crippen LogP contribution >= 0.6 is 0 Å². The lowest BCUT2D eigenvalue weighted by Gasteiger charge is -2.23. The van der Waals surface area contributed by atoms with Crippen molar-refractivity contribution in [2.45, 2.75) is 52.6 Å². The molecule has 12 nitrogen and oxygen atoms in total. The maximum Gasteiger partial charge on any atom is 0.407 e. The third-order valence-electron chi connectivity index (χ3n) is 6.71. The highest BCUT2D eigenvalue weighted by Gasteiger charge is 2.34. The van der Waals surface area contributed by atoms with Crippen molar-refractivity contribution in [3.05, 3.63) is 46.9 Å². The van der Waals surface area contributed by atoms with Gasteiger partial charge in [-0.15, -0.1) is 10.2 Å². The summed E-state index contributed by atoms with van der Waals surface area (Å²) < 4.78 is 12.9. The molecule has 12 heteroatoms. The summed E-state index contributed by atoms with van der Waals surface area (Å²) in [6.45, 7) is 7.29. The molecule has 37 heavy (non-hydrogen) atoms. The van der Waals surface area contributed by atoms with Gasteiger partial charge in [-0.1, -0.05) is 6.07 Å². The van der Waals surface area contributed by atoms with Crippen LogP contribution in [0.25, 0.3) is 11.5 Å². The van der Waals surface area contributed by atoms with Crippen molar-refractivity contribution in [1.82, 2.24) is 30.0 Å². The lowest BCUT2D eigenvalue weighted by atomic mass is 10.1. The number of anilines is 2. The Balaban J connectivity index is 1.50. The Hall–Kier alpha value is -4.06. The molecular weight excluding hydrogens is 476 g/mol. The summed E-state index contributed by atoms with van der Waals surface area (Å²) in [7, 11) is 3.41. The number of fused-ring (bicyclic) bond motifs is 2. The van der Waals surface area contributed by atoms with Gasteiger partial charge in [0.15, 0.2) is 11.6 Å². The van der Waals surface area contributed by atoms with E-state index < -0.39 is 6.09 Å². The summed E-state index contributed by atoms with van der Waals surface area (Å²) in [6.07, 6.45) is -0.565. The van der Waals surface area contributed by atoms with Gasteiger partial charge in [-0.05, 0) is 39.0 Å². The number of carbonyl (C=O) groups excluding carboxylic acids is 2. The van der Waals surface area contributed by atoms with E-state index in [1.807, 2.05) is 49.4 Å². The fourth-order valence-corrected chi connectivity index (χ4v) is 4.46. The molecule has 1 atom stereocenters. The minimum Gasteiger partial charge on any atom is -0.443 e. The first-order valence-corrected chi connectivity index (χ1v) is 12.2. The molecule has 3 aromatic rings. The molecule has 2 aliphatic rings. The van der Waals surface area contributed by atoms with E-state index in [-0.39, 0.29) is 31.1 Å². The lowest BCUT2D eigenvalue weighted by molar-refractivity contribution is 0.0609. The van der Waals surface area contributed by atoms with Gasteiger partial charge in [0.05, 0.1) is 30.5 Å². The molecular formula is C25H30N8O4. The molecule has 0 fully saturated rings. The van der Waals surface area contributed by atoms with Crippen molar-refractivity contribution < 1.29 is 19.1 Å². The molecule has 0 radical (unpaired) electrons. The summed E-state index contributed by atoms with van der Waals surface area (Å²) in [5.41, 5.74) is 2.39. The van der Waals surface area contributed by atoms with Crippen LogP contribution in [-0.4, -0.2) is 63.5 Å². The second kappa shape index (κ2) is 9.77. The molecule has 194 valence electrons.